The molecule has 0 atom stereocenters. The van der Waals surface area contributed by atoms with Crippen LogP contribution in [0.2, 0.25) is 0 Å². The van der Waals surface area contributed by atoms with Crippen molar-refractivity contribution >= 4 is 0 Å². The third kappa shape index (κ3) is 4.56. The van der Waals surface area contributed by atoms with Gasteiger partial charge in [-0.25, -0.2) is 4.98 Å². The number of hydrogen-bond donors (Lipinski definition) is 2. The van der Waals surface area contributed by atoms with Crippen molar-refractivity contribution in [1.29, 1.82) is 0 Å². The molecule has 0 amide bonds. The topological polar surface area (TPSA) is 59.3 Å². The molecule has 1 aliphatic carbocycles. The molecule has 0 spiro atoms. The number of aliphatic hydroxyl groups is 1. The van der Waals surface area contributed by atoms with Gasteiger partial charge >= 0.3 is 0 Å². The maximum absolute atomic E-state index is 9.53. The number of aryl methyl sites for hydroxylation is 1. The lowest BCUT2D eigenvalue weighted by molar-refractivity contribution is 0.116. The molecule has 5 nitrogen and oxygen atoms in total. The number of ether oxygens (including phenoxy) is 1. The van der Waals surface area contributed by atoms with Gasteiger partial charge in [0.1, 0.15) is 18.2 Å². The molecule has 23 heavy (non-hydrogen) atoms. The number of benzene rings is 1. The van der Waals surface area contributed by atoms with Gasteiger partial charge in [-0.3, -0.25) is 0 Å². The highest BCUT2D eigenvalue weighted by Crippen LogP contribution is 2.19. The lowest BCUT2D eigenvalue weighted by Gasteiger charge is -2.26. The van der Waals surface area contributed by atoms with Crippen molar-refractivity contribution in [3.05, 3.63) is 48.0 Å². The number of rotatable bonds is 6. The van der Waals surface area contributed by atoms with E-state index in [0.717, 1.165) is 43.8 Å². The normalized spacial score (nSPS) is 21.3. The van der Waals surface area contributed by atoms with Crippen LogP contribution in [0.1, 0.15) is 37.1 Å². The van der Waals surface area contributed by atoms with Crippen molar-refractivity contribution in [2.24, 2.45) is 7.05 Å². The van der Waals surface area contributed by atoms with Gasteiger partial charge < -0.3 is 19.7 Å². The molecule has 0 bridgehead atoms. The standard InChI is InChI=1S/C18H25N3O2/c1-21-11-10-19-18(21)13-23-17-8-2-14(3-9-17)12-20-15-4-6-16(22)7-5-15/h2-3,8-11,15-16,20,22H,4-7,12-13H2,1H3. The summed E-state index contributed by atoms with van der Waals surface area (Å²) in [6, 6.07) is 8.73. The SMILES string of the molecule is Cn1ccnc1COc1ccc(CNC2CCC(O)CC2)cc1. The highest BCUT2D eigenvalue weighted by atomic mass is 16.5. The quantitative estimate of drug-likeness (QED) is 0.859. The van der Waals surface area contributed by atoms with Crippen LogP contribution in [-0.4, -0.2) is 26.8 Å². The van der Waals surface area contributed by atoms with Gasteiger partial charge in [-0.2, -0.15) is 0 Å². The van der Waals surface area contributed by atoms with Gasteiger partial charge in [-0.15, -0.1) is 0 Å². The van der Waals surface area contributed by atoms with Gasteiger partial charge in [0, 0.05) is 32.0 Å². The van der Waals surface area contributed by atoms with Crippen LogP contribution in [0.15, 0.2) is 36.7 Å². The minimum atomic E-state index is -0.0943. The van der Waals surface area contributed by atoms with Gasteiger partial charge in [0.2, 0.25) is 0 Å². The Morgan fingerprint density at radius 3 is 2.61 bits per heavy atom. The van der Waals surface area contributed by atoms with E-state index in [0.29, 0.717) is 12.6 Å². The van der Waals surface area contributed by atoms with Crippen molar-refractivity contribution < 1.29 is 9.84 Å². The predicted octanol–water partition coefficient (Wildman–Crippen LogP) is 2.39. The summed E-state index contributed by atoms with van der Waals surface area (Å²) >= 11 is 0. The van der Waals surface area contributed by atoms with Gasteiger partial charge in [0.15, 0.2) is 0 Å². The van der Waals surface area contributed by atoms with E-state index < -0.39 is 0 Å². The molecule has 2 aromatic rings. The van der Waals surface area contributed by atoms with Gasteiger partial charge in [-0.1, -0.05) is 12.1 Å². The molecular formula is C18H25N3O2. The molecule has 1 aromatic carbocycles. The first-order valence-corrected chi connectivity index (χ1v) is 8.30. The average molecular weight is 315 g/mol. The molecule has 0 unspecified atom stereocenters. The molecule has 1 fully saturated rings. The first-order valence-electron chi connectivity index (χ1n) is 8.30. The molecule has 0 aliphatic heterocycles. The fourth-order valence-electron chi connectivity index (χ4n) is 2.93. The summed E-state index contributed by atoms with van der Waals surface area (Å²) in [5, 5.41) is 13.1. The van der Waals surface area contributed by atoms with E-state index in [1.165, 1.54) is 5.56 Å². The molecule has 1 saturated carbocycles. The fraction of sp³-hybridized carbons (Fsp3) is 0.500. The summed E-state index contributed by atoms with van der Waals surface area (Å²) in [7, 11) is 1.96. The maximum atomic E-state index is 9.53. The highest BCUT2D eigenvalue weighted by Gasteiger charge is 2.18. The van der Waals surface area contributed by atoms with Crippen LogP contribution in [0, 0.1) is 0 Å². The Morgan fingerprint density at radius 1 is 1.22 bits per heavy atom. The molecule has 1 aromatic heterocycles. The van der Waals surface area contributed by atoms with E-state index >= 15 is 0 Å². The van der Waals surface area contributed by atoms with Gasteiger partial charge in [-0.05, 0) is 43.4 Å². The second kappa shape index (κ2) is 7.62. The Bertz CT molecular complexity index is 601. The number of aromatic nitrogens is 2. The molecule has 0 radical (unpaired) electrons. The van der Waals surface area contributed by atoms with Crippen LogP contribution in [0.5, 0.6) is 5.75 Å². The number of hydrogen-bond acceptors (Lipinski definition) is 4. The second-order valence-electron chi connectivity index (χ2n) is 6.27. The molecule has 1 heterocycles. The van der Waals surface area contributed by atoms with E-state index in [-0.39, 0.29) is 6.10 Å². The fourth-order valence-corrected chi connectivity index (χ4v) is 2.93. The Hall–Kier alpha value is -1.85. The molecule has 1 aliphatic rings. The maximum Gasteiger partial charge on any atom is 0.146 e. The lowest BCUT2D eigenvalue weighted by Crippen LogP contribution is -2.34. The van der Waals surface area contributed by atoms with Crippen LogP contribution in [0.4, 0.5) is 0 Å². The van der Waals surface area contributed by atoms with Crippen molar-refractivity contribution in [3.8, 4) is 5.75 Å². The zero-order valence-corrected chi connectivity index (χ0v) is 13.6. The summed E-state index contributed by atoms with van der Waals surface area (Å²) in [5.41, 5.74) is 1.25. The van der Waals surface area contributed by atoms with Gasteiger partial charge in [0.05, 0.1) is 6.10 Å². The van der Waals surface area contributed by atoms with Crippen LogP contribution >= 0.6 is 0 Å². The van der Waals surface area contributed by atoms with Crippen molar-refractivity contribution in [2.75, 3.05) is 0 Å². The van der Waals surface area contributed by atoms with Crippen molar-refractivity contribution in [3.63, 3.8) is 0 Å². The number of nitrogens with zero attached hydrogens (tertiary/aromatic N) is 2. The lowest BCUT2D eigenvalue weighted by atomic mass is 9.93. The largest absolute Gasteiger partial charge is 0.486 e. The molecule has 124 valence electrons. The zero-order valence-electron chi connectivity index (χ0n) is 13.6. The molecule has 2 N–H and O–H groups in total. The molecule has 3 rings (SSSR count). The molecular weight excluding hydrogens is 290 g/mol. The van der Waals surface area contributed by atoms with E-state index in [4.69, 9.17) is 4.74 Å². The number of nitrogens with one attached hydrogen (secondary N) is 1. The van der Waals surface area contributed by atoms with Crippen LogP contribution in [0.3, 0.4) is 0 Å². The summed E-state index contributed by atoms with van der Waals surface area (Å²) in [6.45, 7) is 1.34. The summed E-state index contributed by atoms with van der Waals surface area (Å²) < 4.78 is 7.72. The van der Waals surface area contributed by atoms with Crippen LogP contribution in [0.25, 0.3) is 0 Å². The highest BCUT2D eigenvalue weighted by molar-refractivity contribution is 5.27. The van der Waals surface area contributed by atoms with Crippen molar-refractivity contribution in [2.45, 2.75) is 51.0 Å². The summed E-state index contributed by atoms with van der Waals surface area (Å²) in [4.78, 5) is 4.25. The van der Waals surface area contributed by atoms with Gasteiger partial charge in [0.25, 0.3) is 0 Å². The first kappa shape index (κ1) is 16.0. The molecule has 5 heteroatoms. The Morgan fingerprint density at radius 2 is 1.96 bits per heavy atom. The van der Waals surface area contributed by atoms with E-state index in [1.54, 1.807) is 6.20 Å². The first-order chi connectivity index (χ1) is 11.2. The van der Waals surface area contributed by atoms with E-state index in [1.807, 2.05) is 29.9 Å². The third-order valence-corrected chi connectivity index (χ3v) is 4.50. The number of imidazole rings is 1. The Balaban J connectivity index is 1.44. The minimum Gasteiger partial charge on any atom is -0.486 e. The molecule has 0 saturated heterocycles. The summed E-state index contributed by atoms with van der Waals surface area (Å²) in [5.74, 6) is 1.77. The Labute approximate surface area is 137 Å². The summed E-state index contributed by atoms with van der Waals surface area (Å²) in [6.07, 6.45) is 7.55. The monoisotopic (exact) mass is 315 g/mol. The van der Waals surface area contributed by atoms with Crippen LogP contribution < -0.4 is 10.1 Å². The third-order valence-electron chi connectivity index (χ3n) is 4.50. The average Bonchev–Trinajstić information content (AvgIpc) is 2.98. The second-order valence-corrected chi connectivity index (χ2v) is 6.27. The smallest absolute Gasteiger partial charge is 0.146 e. The zero-order chi connectivity index (χ0) is 16.1. The minimum absolute atomic E-state index is 0.0943. The Kier molecular flexibility index (Phi) is 5.31. The van der Waals surface area contributed by atoms with Crippen molar-refractivity contribution in [1.82, 2.24) is 14.9 Å². The predicted molar refractivity (Wildman–Crippen MR) is 89.1 cm³/mol. The van der Waals surface area contributed by atoms with E-state index in [9.17, 15) is 5.11 Å². The van der Waals surface area contributed by atoms with Crippen LogP contribution in [-0.2, 0) is 20.2 Å². The van der Waals surface area contributed by atoms with E-state index in [2.05, 4.69) is 22.4 Å². The number of aliphatic hydroxyl groups excluding tert-OH is 1.